The smallest absolute Gasteiger partial charge is 0.273 e. The Morgan fingerprint density at radius 2 is 2.20 bits per heavy atom. The molecule has 0 aliphatic carbocycles. The van der Waals surface area contributed by atoms with Gasteiger partial charge in [0, 0.05) is 29.1 Å². The number of hydrogen-bond acceptors (Lipinski definition) is 3. The number of nitrogens with zero attached hydrogens (tertiary/aromatic N) is 1. The van der Waals surface area contributed by atoms with Crippen molar-refractivity contribution in [3.63, 3.8) is 0 Å². The Morgan fingerprint density at radius 1 is 1.50 bits per heavy atom. The monoisotopic (exact) mass is 342 g/mol. The van der Waals surface area contributed by atoms with Crippen LogP contribution in [0.2, 0.25) is 0 Å². The molecule has 1 aromatic carbocycles. The Balaban J connectivity index is 2.78. The lowest BCUT2D eigenvalue weighted by atomic mass is 10.0. The molecule has 0 saturated carbocycles. The van der Waals surface area contributed by atoms with Crippen LogP contribution < -0.4 is 5.32 Å². The van der Waals surface area contributed by atoms with E-state index < -0.39 is 4.92 Å². The summed E-state index contributed by atoms with van der Waals surface area (Å²) in [5, 5.41) is 14.6. The molecule has 0 bridgehead atoms. The number of carbonyl (C=O) groups excluding carboxylic acids is 1. The van der Waals surface area contributed by atoms with E-state index in [0.717, 1.165) is 18.2 Å². The van der Waals surface area contributed by atoms with Crippen molar-refractivity contribution in [3.8, 4) is 0 Å². The minimum absolute atomic E-state index is 0.0230. The SMILES string of the molecule is CCC(CCBr)CNC(=O)c1cccc([N+](=O)[O-])c1C. The normalized spacial score (nSPS) is 11.9. The van der Waals surface area contributed by atoms with Crippen molar-refractivity contribution in [3.05, 3.63) is 39.4 Å². The van der Waals surface area contributed by atoms with E-state index in [2.05, 4.69) is 28.2 Å². The van der Waals surface area contributed by atoms with Crippen LogP contribution in [0.5, 0.6) is 0 Å². The van der Waals surface area contributed by atoms with Gasteiger partial charge < -0.3 is 5.32 Å². The molecule has 1 unspecified atom stereocenters. The molecule has 20 heavy (non-hydrogen) atoms. The van der Waals surface area contributed by atoms with Crippen LogP contribution in [0.15, 0.2) is 18.2 Å². The summed E-state index contributed by atoms with van der Waals surface area (Å²) in [5.74, 6) is 0.163. The molecule has 6 heteroatoms. The molecule has 1 N–H and O–H groups in total. The first-order chi connectivity index (χ1) is 9.51. The lowest BCUT2D eigenvalue weighted by Gasteiger charge is -2.15. The Labute approximate surface area is 127 Å². The molecule has 1 atom stereocenters. The zero-order chi connectivity index (χ0) is 15.1. The van der Waals surface area contributed by atoms with Gasteiger partial charge in [0.05, 0.1) is 4.92 Å². The van der Waals surface area contributed by atoms with E-state index in [1.54, 1.807) is 13.0 Å². The number of alkyl halides is 1. The van der Waals surface area contributed by atoms with Crippen LogP contribution in [0, 0.1) is 23.0 Å². The first kappa shape index (κ1) is 16.6. The van der Waals surface area contributed by atoms with Gasteiger partial charge in [0.1, 0.15) is 0 Å². The third-order valence-electron chi connectivity index (χ3n) is 3.39. The number of halogens is 1. The van der Waals surface area contributed by atoms with E-state index in [1.165, 1.54) is 12.1 Å². The van der Waals surface area contributed by atoms with Gasteiger partial charge in [-0.1, -0.05) is 35.3 Å². The minimum atomic E-state index is -0.466. The molecule has 0 saturated heterocycles. The zero-order valence-corrected chi connectivity index (χ0v) is 13.3. The highest BCUT2D eigenvalue weighted by atomic mass is 79.9. The first-order valence-electron chi connectivity index (χ1n) is 6.59. The van der Waals surface area contributed by atoms with Crippen molar-refractivity contribution >= 4 is 27.5 Å². The molecule has 0 spiro atoms. The van der Waals surface area contributed by atoms with Gasteiger partial charge >= 0.3 is 0 Å². The zero-order valence-electron chi connectivity index (χ0n) is 11.7. The largest absolute Gasteiger partial charge is 0.352 e. The fourth-order valence-corrected chi connectivity index (χ4v) is 2.65. The maximum absolute atomic E-state index is 12.1. The second kappa shape index (κ2) is 7.99. The number of nitro benzene ring substituents is 1. The average Bonchev–Trinajstić information content (AvgIpc) is 2.43. The number of nitrogens with one attached hydrogen (secondary N) is 1. The summed E-state index contributed by atoms with van der Waals surface area (Å²) in [4.78, 5) is 22.5. The highest BCUT2D eigenvalue weighted by Crippen LogP contribution is 2.21. The summed E-state index contributed by atoms with van der Waals surface area (Å²) < 4.78 is 0. The second-order valence-corrected chi connectivity index (χ2v) is 5.46. The van der Waals surface area contributed by atoms with Crippen molar-refractivity contribution < 1.29 is 9.72 Å². The summed E-state index contributed by atoms with van der Waals surface area (Å²) in [6.45, 7) is 4.27. The van der Waals surface area contributed by atoms with Crippen molar-refractivity contribution in [2.45, 2.75) is 26.7 Å². The van der Waals surface area contributed by atoms with Crippen molar-refractivity contribution in [1.82, 2.24) is 5.32 Å². The van der Waals surface area contributed by atoms with Crippen LogP contribution in [0.4, 0.5) is 5.69 Å². The van der Waals surface area contributed by atoms with Gasteiger partial charge in [0.25, 0.3) is 11.6 Å². The van der Waals surface area contributed by atoms with E-state index in [9.17, 15) is 14.9 Å². The van der Waals surface area contributed by atoms with Crippen molar-refractivity contribution in [1.29, 1.82) is 0 Å². The molecular weight excluding hydrogens is 324 g/mol. The summed E-state index contributed by atoms with van der Waals surface area (Å²) in [5.41, 5.74) is 0.751. The fourth-order valence-electron chi connectivity index (χ4n) is 2.00. The first-order valence-corrected chi connectivity index (χ1v) is 7.71. The molecule has 1 rings (SSSR count). The van der Waals surface area contributed by atoms with Crippen LogP contribution in [0.25, 0.3) is 0 Å². The fraction of sp³-hybridized carbons (Fsp3) is 0.500. The van der Waals surface area contributed by atoms with E-state index in [-0.39, 0.29) is 11.6 Å². The summed E-state index contributed by atoms with van der Waals surface area (Å²) in [6.07, 6.45) is 1.98. The number of carbonyl (C=O) groups is 1. The van der Waals surface area contributed by atoms with Gasteiger partial charge in [-0.2, -0.15) is 0 Å². The van der Waals surface area contributed by atoms with E-state index in [0.29, 0.717) is 23.6 Å². The Morgan fingerprint density at radius 3 is 2.75 bits per heavy atom. The van der Waals surface area contributed by atoms with Crippen molar-refractivity contribution in [2.75, 3.05) is 11.9 Å². The predicted molar refractivity (Wildman–Crippen MR) is 82.4 cm³/mol. The highest BCUT2D eigenvalue weighted by molar-refractivity contribution is 9.09. The molecule has 0 radical (unpaired) electrons. The summed E-state index contributed by atoms with van der Waals surface area (Å²) in [6, 6.07) is 4.56. The molecule has 0 aliphatic heterocycles. The van der Waals surface area contributed by atoms with E-state index in [1.807, 2.05) is 0 Å². The van der Waals surface area contributed by atoms with Gasteiger partial charge in [-0.25, -0.2) is 0 Å². The molecule has 0 fully saturated rings. The summed E-state index contributed by atoms with van der Waals surface area (Å²) in [7, 11) is 0. The molecule has 110 valence electrons. The molecule has 0 aromatic heterocycles. The summed E-state index contributed by atoms with van der Waals surface area (Å²) >= 11 is 3.39. The number of rotatable bonds is 7. The minimum Gasteiger partial charge on any atom is -0.352 e. The van der Waals surface area contributed by atoms with Crippen LogP contribution in [-0.2, 0) is 0 Å². The number of hydrogen-bond donors (Lipinski definition) is 1. The van der Waals surface area contributed by atoms with Crippen LogP contribution >= 0.6 is 15.9 Å². The van der Waals surface area contributed by atoms with Gasteiger partial charge in [0.2, 0.25) is 0 Å². The standard InChI is InChI=1S/C14H19BrN2O3/c1-3-11(7-8-15)9-16-14(18)12-5-4-6-13(10(12)2)17(19)20/h4-6,11H,3,7-9H2,1-2H3,(H,16,18). The average molecular weight is 343 g/mol. The number of amides is 1. The predicted octanol–water partition coefficient (Wildman–Crippen LogP) is 3.44. The molecule has 1 aromatic rings. The van der Waals surface area contributed by atoms with Gasteiger partial charge in [-0.15, -0.1) is 0 Å². The quantitative estimate of drug-likeness (QED) is 0.468. The Hall–Kier alpha value is -1.43. The third kappa shape index (κ3) is 4.30. The van der Waals surface area contributed by atoms with Gasteiger partial charge in [0.15, 0.2) is 0 Å². The molecule has 5 nitrogen and oxygen atoms in total. The van der Waals surface area contributed by atoms with E-state index in [4.69, 9.17) is 0 Å². The molecule has 0 aliphatic rings. The van der Waals surface area contributed by atoms with Crippen molar-refractivity contribution in [2.24, 2.45) is 5.92 Å². The second-order valence-electron chi connectivity index (χ2n) is 4.67. The number of nitro groups is 1. The van der Waals surface area contributed by atoms with Gasteiger partial charge in [-0.3, -0.25) is 14.9 Å². The van der Waals surface area contributed by atoms with Gasteiger partial charge in [-0.05, 0) is 25.3 Å². The lowest BCUT2D eigenvalue weighted by Crippen LogP contribution is -2.30. The van der Waals surface area contributed by atoms with Crippen LogP contribution in [0.1, 0.15) is 35.7 Å². The number of benzene rings is 1. The molecular formula is C14H19BrN2O3. The maximum Gasteiger partial charge on any atom is 0.273 e. The van der Waals surface area contributed by atoms with Crippen LogP contribution in [0.3, 0.4) is 0 Å². The molecule has 0 heterocycles. The van der Waals surface area contributed by atoms with Crippen LogP contribution in [-0.4, -0.2) is 22.7 Å². The topological polar surface area (TPSA) is 72.2 Å². The Kier molecular flexibility index (Phi) is 6.64. The van der Waals surface area contributed by atoms with E-state index >= 15 is 0 Å². The third-order valence-corrected chi connectivity index (χ3v) is 3.85. The highest BCUT2D eigenvalue weighted by Gasteiger charge is 2.18. The Bertz CT molecular complexity index is 491. The molecule has 1 amide bonds. The maximum atomic E-state index is 12.1. The lowest BCUT2D eigenvalue weighted by molar-refractivity contribution is -0.385.